The molecule has 1 aromatic heterocycles. The molecule has 0 saturated carbocycles. The third-order valence-corrected chi connectivity index (χ3v) is 5.29. The van der Waals surface area contributed by atoms with E-state index in [4.69, 9.17) is 4.74 Å². The second kappa shape index (κ2) is 10.2. The molecule has 0 spiro atoms. The highest BCUT2D eigenvalue weighted by molar-refractivity contribution is 7.99. The quantitative estimate of drug-likeness (QED) is 0.392. The van der Waals surface area contributed by atoms with Crippen LogP contribution in [0.5, 0.6) is 5.75 Å². The van der Waals surface area contributed by atoms with Gasteiger partial charge < -0.3 is 19.9 Å². The maximum absolute atomic E-state index is 13.6. The van der Waals surface area contributed by atoms with Gasteiger partial charge in [-0.1, -0.05) is 11.8 Å². The molecule has 3 aromatic rings. The molecule has 12 heteroatoms. The molecule has 0 aliphatic heterocycles. The Hall–Kier alpha value is -3.54. The molecule has 8 nitrogen and oxygen atoms in total. The molecule has 0 aliphatic rings. The zero-order valence-electron chi connectivity index (χ0n) is 17.0. The fourth-order valence-electron chi connectivity index (χ4n) is 2.61. The van der Waals surface area contributed by atoms with Gasteiger partial charge in [-0.3, -0.25) is 9.59 Å². The number of benzene rings is 2. The molecule has 3 rings (SSSR count). The first-order valence-electron chi connectivity index (χ1n) is 9.16. The zero-order chi connectivity index (χ0) is 23.3. The Balaban J connectivity index is 1.50. The minimum atomic E-state index is -1.69. The topological polar surface area (TPSA) is 98.1 Å². The Morgan fingerprint density at radius 2 is 1.75 bits per heavy atom. The lowest BCUT2D eigenvalue weighted by molar-refractivity contribution is -0.122. The monoisotopic (exact) mass is 465 g/mol. The summed E-state index contributed by atoms with van der Waals surface area (Å²) in [5, 5.41) is 13.1. The van der Waals surface area contributed by atoms with Gasteiger partial charge in [0.1, 0.15) is 5.75 Å². The molecule has 0 saturated heterocycles. The molecule has 2 aromatic carbocycles. The number of ether oxygens (including phenoxy) is 1. The number of hydrogen-bond donors (Lipinski definition) is 2. The number of rotatable bonds is 8. The Labute approximate surface area is 185 Å². The van der Waals surface area contributed by atoms with Crippen LogP contribution in [0.2, 0.25) is 0 Å². The number of halogens is 3. The van der Waals surface area contributed by atoms with E-state index >= 15 is 0 Å². The number of carbonyl (C=O) groups excluding carboxylic acids is 2. The van der Waals surface area contributed by atoms with E-state index in [2.05, 4.69) is 20.8 Å². The van der Waals surface area contributed by atoms with E-state index in [0.29, 0.717) is 22.8 Å². The Morgan fingerprint density at radius 1 is 1.03 bits per heavy atom. The highest BCUT2D eigenvalue weighted by Crippen LogP contribution is 2.24. The van der Waals surface area contributed by atoms with Crippen molar-refractivity contribution in [1.29, 1.82) is 0 Å². The van der Waals surface area contributed by atoms with Crippen LogP contribution in [0.4, 0.5) is 18.9 Å². The summed E-state index contributed by atoms with van der Waals surface area (Å²) in [6.45, 7) is -0.478. The smallest absolute Gasteiger partial charge is 0.243 e. The number of thioether (sulfide) groups is 1. The summed E-state index contributed by atoms with van der Waals surface area (Å²) in [5.74, 6) is -4.61. The van der Waals surface area contributed by atoms with Crippen molar-refractivity contribution in [3.8, 4) is 17.1 Å². The molecule has 32 heavy (non-hydrogen) atoms. The van der Waals surface area contributed by atoms with Crippen molar-refractivity contribution in [1.82, 2.24) is 20.1 Å². The van der Waals surface area contributed by atoms with Crippen LogP contribution in [0.15, 0.2) is 41.6 Å². The lowest BCUT2D eigenvalue weighted by Crippen LogP contribution is -2.34. The largest absolute Gasteiger partial charge is 0.497 e. The van der Waals surface area contributed by atoms with Crippen molar-refractivity contribution in [3.05, 3.63) is 53.8 Å². The van der Waals surface area contributed by atoms with E-state index in [1.807, 2.05) is 12.1 Å². The standard InChI is InChI=1S/C20H18F3N5O3S/c1-28-19(11-3-5-12(31-2)6-4-11)26-27-20(28)32-10-16(30)24-9-15(29)25-14-8-7-13(21)17(22)18(14)23/h3-8H,9-10H2,1-2H3,(H,24,30)(H,25,29). The summed E-state index contributed by atoms with van der Waals surface area (Å²) < 4.78 is 46.6. The second-order valence-corrected chi connectivity index (χ2v) is 7.37. The molecule has 0 fully saturated rings. The molecule has 0 aliphatic carbocycles. The molecule has 0 radical (unpaired) electrons. The van der Waals surface area contributed by atoms with Crippen LogP contribution in [-0.4, -0.2) is 46.0 Å². The fourth-order valence-corrected chi connectivity index (χ4v) is 3.35. The van der Waals surface area contributed by atoms with Gasteiger partial charge in [0.2, 0.25) is 11.8 Å². The number of nitrogens with one attached hydrogen (secondary N) is 2. The van der Waals surface area contributed by atoms with Crippen LogP contribution in [0.25, 0.3) is 11.4 Å². The van der Waals surface area contributed by atoms with Crippen LogP contribution < -0.4 is 15.4 Å². The normalized spacial score (nSPS) is 10.7. The summed E-state index contributed by atoms with van der Waals surface area (Å²) in [6.07, 6.45) is 0. The number of carbonyl (C=O) groups is 2. The Morgan fingerprint density at radius 3 is 2.44 bits per heavy atom. The predicted octanol–water partition coefficient (Wildman–Crippen LogP) is 2.76. The lowest BCUT2D eigenvalue weighted by Gasteiger charge is -2.08. The molecule has 1 heterocycles. The van der Waals surface area contributed by atoms with Gasteiger partial charge in [0, 0.05) is 12.6 Å². The van der Waals surface area contributed by atoms with Crippen LogP contribution in [0.3, 0.4) is 0 Å². The first-order chi connectivity index (χ1) is 15.3. The van der Waals surface area contributed by atoms with Crippen molar-refractivity contribution in [2.45, 2.75) is 5.16 Å². The third kappa shape index (κ3) is 5.38. The average Bonchev–Trinajstić information content (AvgIpc) is 3.17. The fraction of sp³-hybridized carbons (Fsp3) is 0.200. The maximum Gasteiger partial charge on any atom is 0.243 e. The van der Waals surface area contributed by atoms with Crippen molar-refractivity contribution in [2.75, 3.05) is 24.7 Å². The van der Waals surface area contributed by atoms with E-state index in [0.717, 1.165) is 23.4 Å². The summed E-state index contributed by atoms with van der Waals surface area (Å²) in [4.78, 5) is 23.9. The summed E-state index contributed by atoms with van der Waals surface area (Å²) in [6, 6.07) is 8.82. The Bertz CT molecular complexity index is 1140. The molecule has 0 unspecified atom stereocenters. The lowest BCUT2D eigenvalue weighted by atomic mass is 10.2. The molecule has 2 amide bonds. The van der Waals surface area contributed by atoms with Crippen molar-refractivity contribution in [2.24, 2.45) is 7.05 Å². The summed E-state index contributed by atoms with van der Waals surface area (Å²) in [7, 11) is 3.32. The van der Waals surface area contributed by atoms with E-state index in [1.54, 1.807) is 30.9 Å². The van der Waals surface area contributed by atoms with E-state index < -0.39 is 41.5 Å². The van der Waals surface area contributed by atoms with Gasteiger partial charge in [-0.2, -0.15) is 0 Å². The molecular formula is C20H18F3N5O3S. The minimum Gasteiger partial charge on any atom is -0.497 e. The van der Waals surface area contributed by atoms with E-state index in [-0.39, 0.29) is 5.75 Å². The molecular weight excluding hydrogens is 447 g/mol. The number of aromatic nitrogens is 3. The van der Waals surface area contributed by atoms with Crippen LogP contribution in [-0.2, 0) is 16.6 Å². The van der Waals surface area contributed by atoms with Crippen molar-refractivity contribution < 1.29 is 27.5 Å². The van der Waals surface area contributed by atoms with Crippen LogP contribution in [0, 0.1) is 17.5 Å². The number of hydrogen-bond acceptors (Lipinski definition) is 6. The van der Waals surface area contributed by atoms with Gasteiger partial charge in [-0.05, 0) is 36.4 Å². The molecule has 168 valence electrons. The Kier molecular flexibility index (Phi) is 7.36. The van der Waals surface area contributed by atoms with Crippen molar-refractivity contribution >= 4 is 29.3 Å². The highest BCUT2D eigenvalue weighted by Gasteiger charge is 2.16. The number of nitrogens with zero attached hydrogens (tertiary/aromatic N) is 3. The van der Waals surface area contributed by atoms with Gasteiger partial charge in [0.25, 0.3) is 0 Å². The first-order valence-corrected chi connectivity index (χ1v) is 10.2. The van der Waals surface area contributed by atoms with Gasteiger partial charge in [-0.15, -0.1) is 10.2 Å². The summed E-state index contributed by atoms with van der Waals surface area (Å²) in [5.41, 5.74) is 0.293. The second-order valence-electron chi connectivity index (χ2n) is 6.43. The SMILES string of the molecule is COc1ccc(-c2nnc(SCC(=O)NCC(=O)Nc3ccc(F)c(F)c3F)n2C)cc1. The van der Waals surface area contributed by atoms with E-state index in [9.17, 15) is 22.8 Å². The molecule has 0 bridgehead atoms. The molecule has 0 atom stereocenters. The number of amides is 2. The molecule has 2 N–H and O–H groups in total. The van der Waals surface area contributed by atoms with Gasteiger partial charge in [0.05, 0.1) is 25.1 Å². The van der Waals surface area contributed by atoms with Crippen LogP contribution in [0.1, 0.15) is 0 Å². The van der Waals surface area contributed by atoms with Crippen LogP contribution >= 0.6 is 11.8 Å². The first kappa shape index (κ1) is 23.1. The van der Waals surface area contributed by atoms with Gasteiger partial charge in [-0.25, -0.2) is 13.2 Å². The zero-order valence-corrected chi connectivity index (χ0v) is 17.8. The number of anilines is 1. The predicted molar refractivity (Wildman–Crippen MR) is 112 cm³/mol. The summed E-state index contributed by atoms with van der Waals surface area (Å²) >= 11 is 1.11. The highest BCUT2D eigenvalue weighted by atomic mass is 32.2. The number of methoxy groups -OCH3 is 1. The maximum atomic E-state index is 13.6. The minimum absolute atomic E-state index is 0.0542. The average molecular weight is 465 g/mol. The van der Waals surface area contributed by atoms with E-state index in [1.165, 1.54) is 0 Å². The van der Waals surface area contributed by atoms with Crippen molar-refractivity contribution in [3.63, 3.8) is 0 Å². The van der Waals surface area contributed by atoms with Gasteiger partial charge in [0.15, 0.2) is 28.4 Å². The third-order valence-electron chi connectivity index (χ3n) is 4.27. The van der Waals surface area contributed by atoms with Gasteiger partial charge >= 0.3 is 0 Å².